The predicted molar refractivity (Wildman–Crippen MR) is 94.6 cm³/mol. The highest BCUT2D eigenvalue weighted by atomic mass is 15.3. The van der Waals surface area contributed by atoms with Crippen molar-refractivity contribution in [3.05, 3.63) is 59.7 Å². The molecule has 0 bridgehead atoms. The Bertz CT molecular complexity index is 628. The van der Waals surface area contributed by atoms with Gasteiger partial charge in [0, 0.05) is 43.6 Å². The molecule has 3 heteroatoms. The van der Waals surface area contributed by atoms with E-state index in [1.54, 1.807) is 0 Å². The first-order valence-corrected chi connectivity index (χ1v) is 8.06. The third-order valence-electron chi connectivity index (χ3n) is 4.41. The first kappa shape index (κ1) is 14.9. The zero-order valence-corrected chi connectivity index (χ0v) is 13.5. The minimum Gasteiger partial charge on any atom is -0.368 e. The van der Waals surface area contributed by atoms with Gasteiger partial charge in [-0.1, -0.05) is 30.3 Å². The van der Waals surface area contributed by atoms with Crippen molar-refractivity contribution >= 4 is 11.4 Å². The van der Waals surface area contributed by atoms with Crippen molar-refractivity contribution in [1.29, 1.82) is 0 Å². The average Bonchev–Trinajstić information content (AvgIpc) is 2.55. The molecule has 3 nitrogen and oxygen atoms in total. The number of piperazine rings is 1. The number of aryl methyl sites for hydroxylation is 1. The van der Waals surface area contributed by atoms with Crippen molar-refractivity contribution in [3.63, 3.8) is 0 Å². The van der Waals surface area contributed by atoms with Gasteiger partial charge in [0.1, 0.15) is 0 Å². The Morgan fingerprint density at radius 3 is 2.27 bits per heavy atom. The summed E-state index contributed by atoms with van der Waals surface area (Å²) in [5.74, 6) is 0. The Balaban J connectivity index is 1.72. The van der Waals surface area contributed by atoms with Crippen LogP contribution in [0.25, 0.3) is 0 Å². The molecule has 3 rings (SSSR count). The fourth-order valence-corrected chi connectivity index (χ4v) is 3.19. The van der Waals surface area contributed by atoms with E-state index < -0.39 is 0 Å². The van der Waals surface area contributed by atoms with Gasteiger partial charge < -0.3 is 15.5 Å². The third kappa shape index (κ3) is 3.09. The molecule has 0 spiro atoms. The van der Waals surface area contributed by atoms with Gasteiger partial charge in [0.15, 0.2) is 0 Å². The van der Waals surface area contributed by atoms with Gasteiger partial charge in [0.05, 0.1) is 0 Å². The Labute approximate surface area is 133 Å². The van der Waals surface area contributed by atoms with Crippen LogP contribution in [0.15, 0.2) is 48.5 Å². The highest BCUT2D eigenvalue weighted by Crippen LogP contribution is 2.27. The standard InChI is InChI=1S/C19H25N3/c1-15-6-5-7-17(14-15)21-10-12-22(13-11-21)19-9-4-3-8-18(19)16(2)20/h3-9,14,16H,10-13,20H2,1-2H3. The molecule has 1 saturated heterocycles. The molecule has 22 heavy (non-hydrogen) atoms. The van der Waals surface area contributed by atoms with Crippen LogP contribution in [0.5, 0.6) is 0 Å². The van der Waals surface area contributed by atoms with E-state index >= 15 is 0 Å². The fourth-order valence-electron chi connectivity index (χ4n) is 3.19. The van der Waals surface area contributed by atoms with E-state index in [1.807, 2.05) is 0 Å². The van der Waals surface area contributed by atoms with Crippen LogP contribution in [0.2, 0.25) is 0 Å². The lowest BCUT2D eigenvalue weighted by atomic mass is 10.1. The number of nitrogens with two attached hydrogens (primary N) is 1. The van der Waals surface area contributed by atoms with Crippen molar-refractivity contribution in [2.45, 2.75) is 19.9 Å². The van der Waals surface area contributed by atoms with Crippen LogP contribution in [0, 0.1) is 6.92 Å². The molecule has 0 aromatic heterocycles. The molecular formula is C19H25N3. The van der Waals surface area contributed by atoms with Gasteiger partial charge in [-0.2, -0.15) is 0 Å². The molecular weight excluding hydrogens is 270 g/mol. The highest BCUT2D eigenvalue weighted by Gasteiger charge is 2.20. The van der Waals surface area contributed by atoms with Crippen LogP contribution in [0.3, 0.4) is 0 Å². The summed E-state index contributed by atoms with van der Waals surface area (Å²) in [6.07, 6.45) is 0. The topological polar surface area (TPSA) is 32.5 Å². The molecule has 1 unspecified atom stereocenters. The lowest BCUT2D eigenvalue weighted by Crippen LogP contribution is -2.47. The second-order valence-electron chi connectivity index (χ2n) is 6.16. The van der Waals surface area contributed by atoms with E-state index in [4.69, 9.17) is 5.73 Å². The second-order valence-corrected chi connectivity index (χ2v) is 6.16. The minimum absolute atomic E-state index is 0.0750. The number of nitrogens with zero attached hydrogens (tertiary/aromatic N) is 2. The quantitative estimate of drug-likeness (QED) is 0.942. The van der Waals surface area contributed by atoms with Crippen LogP contribution >= 0.6 is 0 Å². The minimum atomic E-state index is 0.0750. The molecule has 2 N–H and O–H groups in total. The molecule has 0 amide bonds. The summed E-state index contributed by atoms with van der Waals surface area (Å²) >= 11 is 0. The van der Waals surface area contributed by atoms with Gasteiger partial charge in [-0.3, -0.25) is 0 Å². The molecule has 1 atom stereocenters. The third-order valence-corrected chi connectivity index (χ3v) is 4.41. The van der Waals surface area contributed by atoms with Gasteiger partial charge >= 0.3 is 0 Å². The van der Waals surface area contributed by atoms with E-state index in [0.717, 1.165) is 26.2 Å². The highest BCUT2D eigenvalue weighted by molar-refractivity contribution is 5.57. The number of hydrogen-bond acceptors (Lipinski definition) is 3. The molecule has 2 aromatic carbocycles. The molecule has 1 heterocycles. The van der Waals surface area contributed by atoms with Crippen molar-refractivity contribution in [2.75, 3.05) is 36.0 Å². The maximum Gasteiger partial charge on any atom is 0.0415 e. The summed E-state index contributed by atoms with van der Waals surface area (Å²) < 4.78 is 0. The van der Waals surface area contributed by atoms with Gasteiger partial charge in [-0.05, 0) is 43.2 Å². The monoisotopic (exact) mass is 295 g/mol. The summed E-state index contributed by atoms with van der Waals surface area (Å²) in [5.41, 5.74) is 11.3. The molecule has 1 aliphatic heterocycles. The van der Waals surface area contributed by atoms with E-state index in [-0.39, 0.29) is 6.04 Å². The van der Waals surface area contributed by atoms with Crippen LogP contribution in [-0.2, 0) is 0 Å². The SMILES string of the molecule is Cc1cccc(N2CCN(c3ccccc3C(C)N)CC2)c1. The van der Waals surface area contributed by atoms with E-state index in [1.165, 1.54) is 22.5 Å². The summed E-state index contributed by atoms with van der Waals surface area (Å²) in [4.78, 5) is 4.93. The normalized spacial score (nSPS) is 16.7. The van der Waals surface area contributed by atoms with Crippen LogP contribution in [0.4, 0.5) is 11.4 Å². The predicted octanol–water partition coefficient (Wildman–Crippen LogP) is 3.34. The summed E-state index contributed by atoms with van der Waals surface area (Å²) in [5, 5.41) is 0. The number of rotatable bonds is 3. The maximum absolute atomic E-state index is 6.12. The number of benzene rings is 2. The fraction of sp³-hybridized carbons (Fsp3) is 0.368. The van der Waals surface area contributed by atoms with Gasteiger partial charge in [0.2, 0.25) is 0 Å². The van der Waals surface area contributed by atoms with Crippen molar-refractivity contribution < 1.29 is 0 Å². The Morgan fingerprint density at radius 1 is 0.909 bits per heavy atom. The molecule has 1 aliphatic rings. The van der Waals surface area contributed by atoms with Crippen molar-refractivity contribution in [3.8, 4) is 0 Å². The van der Waals surface area contributed by atoms with Gasteiger partial charge in [-0.15, -0.1) is 0 Å². The lowest BCUT2D eigenvalue weighted by Gasteiger charge is -2.38. The van der Waals surface area contributed by atoms with Crippen LogP contribution < -0.4 is 15.5 Å². The van der Waals surface area contributed by atoms with E-state index in [0.29, 0.717) is 0 Å². The Hall–Kier alpha value is -2.00. The maximum atomic E-state index is 6.12. The average molecular weight is 295 g/mol. The summed E-state index contributed by atoms with van der Waals surface area (Å²) in [6, 6.07) is 17.4. The van der Waals surface area contributed by atoms with Gasteiger partial charge in [-0.25, -0.2) is 0 Å². The lowest BCUT2D eigenvalue weighted by molar-refractivity contribution is 0.647. The summed E-state index contributed by atoms with van der Waals surface area (Å²) in [7, 11) is 0. The van der Waals surface area contributed by atoms with Crippen molar-refractivity contribution in [2.24, 2.45) is 5.73 Å². The van der Waals surface area contributed by atoms with Gasteiger partial charge in [0.25, 0.3) is 0 Å². The number of para-hydroxylation sites is 1. The largest absolute Gasteiger partial charge is 0.368 e. The summed E-state index contributed by atoms with van der Waals surface area (Å²) in [6.45, 7) is 8.39. The zero-order valence-electron chi connectivity index (χ0n) is 13.5. The van der Waals surface area contributed by atoms with E-state index in [2.05, 4.69) is 72.2 Å². The number of hydrogen-bond donors (Lipinski definition) is 1. The molecule has 1 fully saturated rings. The molecule has 0 aliphatic carbocycles. The first-order chi connectivity index (χ1) is 10.6. The number of anilines is 2. The van der Waals surface area contributed by atoms with Crippen LogP contribution in [0.1, 0.15) is 24.1 Å². The Kier molecular flexibility index (Phi) is 4.34. The molecule has 116 valence electrons. The first-order valence-electron chi connectivity index (χ1n) is 8.06. The van der Waals surface area contributed by atoms with E-state index in [9.17, 15) is 0 Å². The molecule has 2 aromatic rings. The molecule has 0 saturated carbocycles. The van der Waals surface area contributed by atoms with Crippen LogP contribution in [-0.4, -0.2) is 26.2 Å². The zero-order chi connectivity index (χ0) is 15.5. The molecule has 0 radical (unpaired) electrons. The Morgan fingerprint density at radius 2 is 1.59 bits per heavy atom. The van der Waals surface area contributed by atoms with Crippen molar-refractivity contribution in [1.82, 2.24) is 0 Å². The smallest absolute Gasteiger partial charge is 0.0415 e. The second kappa shape index (κ2) is 6.41.